The third kappa shape index (κ3) is 6.89. The van der Waals surface area contributed by atoms with E-state index in [-0.39, 0.29) is 23.7 Å². The number of hydrogen-bond donors (Lipinski definition) is 5. The van der Waals surface area contributed by atoms with Crippen LogP contribution in [0, 0.1) is 5.82 Å². The molecule has 2 atom stereocenters. The Balaban J connectivity index is 1.72. The Hall–Kier alpha value is -3.77. The number of benzene rings is 2. The fourth-order valence-corrected chi connectivity index (χ4v) is 3.22. The first-order chi connectivity index (χ1) is 17.0. The van der Waals surface area contributed by atoms with Crippen molar-refractivity contribution in [1.29, 1.82) is 0 Å². The highest BCUT2D eigenvalue weighted by Crippen LogP contribution is 2.38. The van der Waals surface area contributed by atoms with E-state index in [0.29, 0.717) is 23.8 Å². The molecule has 2 unspecified atom stereocenters. The molecule has 1 heterocycles. The molecular weight excluding hydrogens is 486 g/mol. The fourth-order valence-electron chi connectivity index (χ4n) is 3.22. The van der Waals surface area contributed by atoms with Gasteiger partial charge in [-0.25, -0.2) is 9.18 Å². The van der Waals surface area contributed by atoms with E-state index in [1.165, 1.54) is 31.3 Å². The smallest absolute Gasteiger partial charge is 0.420 e. The summed E-state index contributed by atoms with van der Waals surface area (Å²) in [6.45, 7) is 3.09. The molecule has 0 fully saturated rings. The standard InChI is InChI=1S/C24H25F4N3O5/c1-3-35-21-9-15(11-29-22(21)33)14-4-6-19(18(25)8-14)31-23(34)30-16-5-7-20(36-12-13(2)32)17(10-16)24(26,27)28/h4-11,13,22,29,32-33H,3,12H2,1-2H3,(H2,30,31,34). The van der Waals surface area contributed by atoms with Gasteiger partial charge in [0.2, 0.25) is 0 Å². The highest BCUT2D eigenvalue weighted by atomic mass is 19.4. The van der Waals surface area contributed by atoms with E-state index in [2.05, 4.69) is 16.0 Å². The van der Waals surface area contributed by atoms with Crippen LogP contribution in [-0.4, -0.2) is 41.8 Å². The lowest BCUT2D eigenvalue weighted by Crippen LogP contribution is -2.30. The van der Waals surface area contributed by atoms with Gasteiger partial charge < -0.3 is 35.6 Å². The monoisotopic (exact) mass is 511 g/mol. The van der Waals surface area contributed by atoms with E-state index in [0.717, 1.165) is 12.1 Å². The fraction of sp³-hybridized carbons (Fsp3) is 0.292. The number of rotatable bonds is 8. The quantitative estimate of drug-likeness (QED) is 0.335. The number of dihydropyridines is 1. The van der Waals surface area contributed by atoms with Gasteiger partial charge in [0.05, 0.1) is 24.0 Å². The second-order valence-corrected chi connectivity index (χ2v) is 7.79. The number of ether oxygens (including phenoxy) is 2. The molecular formula is C24H25F4N3O5. The normalized spacial score (nSPS) is 16.3. The Morgan fingerprint density at radius 2 is 1.92 bits per heavy atom. The largest absolute Gasteiger partial charge is 0.493 e. The zero-order valence-corrected chi connectivity index (χ0v) is 19.3. The van der Waals surface area contributed by atoms with E-state index in [9.17, 15) is 32.6 Å². The van der Waals surface area contributed by atoms with Crippen LogP contribution in [0.15, 0.2) is 54.4 Å². The van der Waals surface area contributed by atoms with E-state index in [1.54, 1.807) is 13.0 Å². The molecule has 2 amide bonds. The maximum atomic E-state index is 14.7. The van der Waals surface area contributed by atoms with Crippen molar-refractivity contribution in [3.63, 3.8) is 0 Å². The van der Waals surface area contributed by atoms with Crippen molar-refractivity contribution >= 4 is 23.0 Å². The number of allylic oxidation sites excluding steroid dienone is 2. The molecule has 0 aromatic heterocycles. The summed E-state index contributed by atoms with van der Waals surface area (Å²) in [7, 11) is 0. The molecule has 0 radical (unpaired) electrons. The van der Waals surface area contributed by atoms with Crippen molar-refractivity contribution in [3.05, 3.63) is 71.4 Å². The number of nitrogens with one attached hydrogen (secondary N) is 3. The summed E-state index contributed by atoms with van der Waals surface area (Å²) in [5, 5.41) is 26.3. The van der Waals surface area contributed by atoms with Crippen molar-refractivity contribution in [3.8, 4) is 5.75 Å². The molecule has 8 nitrogen and oxygen atoms in total. The average Bonchev–Trinajstić information content (AvgIpc) is 2.80. The van der Waals surface area contributed by atoms with Crippen LogP contribution in [0.3, 0.4) is 0 Å². The Kier molecular flexibility index (Phi) is 8.43. The number of alkyl halides is 3. The minimum atomic E-state index is -4.78. The second kappa shape index (κ2) is 11.3. The van der Waals surface area contributed by atoms with Crippen molar-refractivity contribution < 1.29 is 42.0 Å². The van der Waals surface area contributed by atoms with Gasteiger partial charge in [-0.05, 0) is 55.8 Å². The van der Waals surface area contributed by atoms with Crippen molar-refractivity contribution in [2.45, 2.75) is 32.4 Å². The minimum absolute atomic E-state index is 0.202. The Morgan fingerprint density at radius 3 is 2.56 bits per heavy atom. The van der Waals surface area contributed by atoms with Crippen LogP contribution < -0.4 is 20.7 Å². The number of urea groups is 1. The maximum absolute atomic E-state index is 14.7. The maximum Gasteiger partial charge on any atom is 0.420 e. The lowest BCUT2D eigenvalue weighted by atomic mass is 10.0. The molecule has 2 aromatic carbocycles. The summed E-state index contributed by atoms with van der Waals surface area (Å²) >= 11 is 0. The first-order valence-corrected chi connectivity index (χ1v) is 10.9. The molecule has 1 aliphatic rings. The van der Waals surface area contributed by atoms with Gasteiger partial charge in [0.25, 0.3) is 0 Å². The molecule has 36 heavy (non-hydrogen) atoms. The molecule has 2 aromatic rings. The number of anilines is 2. The first kappa shape index (κ1) is 26.8. The van der Waals surface area contributed by atoms with Crippen molar-refractivity contribution in [1.82, 2.24) is 5.32 Å². The number of carbonyl (C=O) groups excluding carboxylic acids is 1. The van der Waals surface area contributed by atoms with E-state index in [4.69, 9.17) is 9.47 Å². The van der Waals surface area contributed by atoms with Crippen LogP contribution in [0.5, 0.6) is 5.75 Å². The molecule has 3 rings (SSSR count). The summed E-state index contributed by atoms with van der Waals surface area (Å²) in [6, 6.07) is 5.87. The number of halogens is 4. The summed E-state index contributed by atoms with van der Waals surface area (Å²) in [5.74, 6) is -1.03. The molecule has 194 valence electrons. The lowest BCUT2D eigenvalue weighted by Gasteiger charge is -2.21. The molecule has 1 aliphatic heterocycles. The van der Waals surface area contributed by atoms with Gasteiger partial charge in [0, 0.05) is 17.5 Å². The van der Waals surface area contributed by atoms with E-state index in [1.807, 2.05) is 0 Å². The predicted octanol–water partition coefficient (Wildman–Crippen LogP) is 4.43. The van der Waals surface area contributed by atoms with Gasteiger partial charge in [-0.3, -0.25) is 0 Å². The number of hydrogen-bond acceptors (Lipinski definition) is 6. The Bertz CT molecular complexity index is 1160. The van der Waals surface area contributed by atoms with Crippen LogP contribution in [0.4, 0.5) is 33.7 Å². The first-order valence-electron chi connectivity index (χ1n) is 10.9. The van der Waals surface area contributed by atoms with E-state index < -0.39 is 41.7 Å². The summed E-state index contributed by atoms with van der Waals surface area (Å²) < 4.78 is 65.2. The number of aliphatic hydroxyl groups excluding tert-OH is 2. The van der Waals surface area contributed by atoms with Crippen molar-refractivity contribution in [2.75, 3.05) is 23.8 Å². The van der Waals surface area contributed by atoms with Crippen LogP contribution in [0.25, 0.3) is 5.57 Å². The SMILES string of the molecule is CCOC1=CC(c2ccc(NC(=O)Nc3ccc(OCC(C)O)c(C(F)(F)F)c3)c(F)c2)=CNC1O. The second-order valence-electron chi connectivity index (χ2n) is 7.79. The van der Waals surface area contributed by atoms with Gasteiger partial charge in [0.1, 0.15) is 23.9 Å². The number of carbonyl (C=O) groups is 1. The van der Waals surface area contributed by atoms with Gasteiger partial charge in [-0.1, -0.05) is 6.07 Å². The third-order valence-corrected chi connectivity index (χ3v) is 4.85. The van der Waals surface area contributed by atoms with Crippen LogP contribution >= 0.6 is 0 Å². The third-order valence-electron chi connectivity index (χ3n) is 4.85. The zero-order chi connectivity index (χ0) is 26.5. The van der Waals surface area contributed by atoms with Crippen LogP contribution in [0.1, 0.15) is 25.0 Å². The van der Waals surface area contributed by atoms with Gasteiger partial charge in [-0.15, -0.1) is 0 Å². The lowest BCUT2D eigenvalue weighted by molar-refractivity contribution is -0.139. The Labute approximate surface area is 204 Å². The van der Waals surface area contributed by atoms with Crippen LogP contribution in [0.2, 0.25) is 0 Å². The molecule has 0 aliphatic carbocycles. The summed E-state index contributed by atoms with van der Waals surface area (Å²) in [6.07, 6.45) is -3.75. The highest BCUT2D eigenvalue weighted by Gasteiger charge is 2.35. The summed E-state index contributed by atoms with van der Waals surface area (Å²) in [5.41, 5.74) is -0.598. The molecule has 0 saturated carbocycles. The van der Waals surface area contributed by atoms with E-state index >= 15 is 0 Å². The highest BCUT2D eigenvalue weighted by molar-refractivity contribution is 6.00. The molecule has 0 saturated heterocycles. The molecule has 12 heteroatoms. The topological polar surface area (TPSA) is 112 Å². The van der Waals surface area contributed by atoms with Gasteiger partial charge >= 0.3 is 12.2 Å². The van der Waals surface area contributed by atoms with Gasteiger partial charge in [0.15, 0.2) is 6.23 Å². The molecule has 0 spiro atoms. The summed E-state index contributed by atoms with van der Waals surface area (Å²) in [4.78, 5) is 12.3. The number of amides is 2. The average molecular weight is 511 g/mol. The van der Waals surface area contributed by atoms with Gasteiger partial charge in [-0.2, -0.15) is 13.2 Å². The number of aliphatic hydroxyl groups is 2. The predicted molar refractivity (Wildman–Crippen MR) is 124 cm³/mol. The Morgan fingerprint density at radius 1 is 1.17 bits per heavy atom. The van der Waals surface area contributed by atoms with Crippen LogP contribution in [-0.2, 0) is 10.9 Å². The molecule has 0 bridgehead atoms. The zero-order valence-electron chi connectivity index (χ0n) is 19.3. The minimum Gasteiger partial charge on any atom is -0.493 e. The van der Waals surface area contributed by atoms with Crippen molar-refractivity contribution in [2.24, 2.45) is 0 Å². The molecule has 5 N–H and O–H groups in total.